The molecule has 0 saturated carbocycles. The number of aryl methyl sites for hydroxylation is 1. The number of para-hydroxylation sites is 1. The van der Waals surface area contributed by atoms with Crippen molar-refractivity contribution in [3.63, 3.8) is 0 Å². The van der Waals surface area contributed by atoms with Crippen molar-refractivity contribution < 1.29 is 18.3 Å². The van der Waals surface area contributed by atoms with Gasteiger partial charge in [0.15, 0.2) is 5.60 Å². The first-order valence-electron chi connectivity index (χ1n) is 6.72. The lowest BCUT2D eigenvalue weighted by Crippen LogP contribution is -2.62. The molecule has 0 aliphatic carbocycles. The summed E-state index contributed by atoms with van der Waals surface area (Å²) in [5.74, 6) is 0.424. The molecule has 2 heterocycles. The summed E-state index contributed by atoms with van der Waals surface area (Å²) >= 11 is 0. The number of phenols is 1. The number of imidazole rings is 1. The van der Waals surface area contributed by atoms with Crippen molar-refractivity contribution >= 4 is 10.0 Å². The lowest BCUT2D eigenvalue weighted by Gasteiger charge is -2.47. The third-order valence-corrected chi connectivity index (χ3v) is 5.81. The number of methoxy groups -OCH3 is 1. The minimum Gasteiger partial charge on any atom is -0.507 e. The van der Waals surface area contributed by atoms with Crippen LogP contribution in [0.1, 0.15) is 5.82 Å². The van der Waals surface area contributed by atoms with E-state index in [2.05, 4.69) is 4.98 Å². The lowest BCUT2D eigenvalue weighted by molar-refractivity contribution is -0.106. The monoisotopic (exact) mass is 323 g/mol. The molecule has 0 radical (unpaired) electrons. The fourth-order valence-corrected chi connectivity index (χ4v) is 4.29. The van der Waals surface area contributed by atoms with Crippen molar-refractivity contribution in [1.82, 2.24) is 13.9 Å². The Morgan fingerprint density at radius 3 is 2.55 bits per heavy atom. The predicted molar refractivity (Wildman–Crippen MR) is 78.8 cm³/mol. The van der Waals surface area contributed by atoms with Crippen molar-refractivity contribution in [3.8, 4) is 5.75 Å². The van der Waals surface area contributed by atoms with Crippen molar-refractivity contribution in [3.05, 3.63) is 42.5 Å². The van der Waals surface area contributed by atoms with Crippen LogP contribution in [0.2, 0.25) is 0 Å². The van der Waals surface area contributed by atoms with Crippen molar-refractivity contribution in [1.29, 1.82) is 0 Å². The molecule has 0 spiro atoms. The lowest BCUT2D eigenvalue weighted by atomic mass is 9.95. The van der Waals surface area contributed by atoms with Crippen molar-refractivity contribution in [2.45, 2.75) is 10.5 Å². The fourth-order valence-electron chi connectivity index (χ4n) is 2.67. The molecule has 1 N–H and O–H groups in total. The smallest absolute Gasteiger partial charge is 0.246 e. The van der Waals surface area contributed by atoms with Crippen LogP contribution in [0.25, 0.3) is 0 Å². The second-order valence-corrected chi connectivity index (χ2v) is 7.21. The predicted octanol–water partition coefficient (Wildman–Crippen LogP) is 0.672. The van der Waals surface area contributed by atoms with E-state index in [1.807, 2.05) is 11.6 Å². The molecular weight excluding hydrogens is 306 g/mol. The minimum absolute atomic E-state index is 0.0976. The van der Waals surface area contributed by atoms with Crippen LogP contribution in [-0.2, 0) is 27.4 Å². The van der Waals surface area contributed by atoms with Gasteiger partial charge in [-0.15, -0.1) is 0 Å². The van der Waals surface area contributed by atoms with Gasteiger partial charge in [-0.25, -0.2) is 13.4 Å². The maximum atomic E-state index is 12.6. The van der Waals surface area contributed by atoms with E-state index in [-0.39, 0.29) is 23.7 Å². The Bertz CT molecular complexity index is 794. The van der Waals surface area contributed by atoms with Crippen LogP contribution in [-0.4, -0.2) is 47.6 Å². The number of nitrogens with zero attached hydrogens (tertiary/aromatic N) is 3. The Hall–Kier alpha value is -1.90. The van der Waals surface area contributed by atoms with Gasteiger partial charge in [-0.05, 0) is 12.1 Å². The number of benzene rings is 1. The third kappa shape index (κ3) is 2.11. The van der Waals surface area contributed by atoms with Crippen LogP contribution in [0.5, 0.6) is 5.75 Å². The van der Waals surface area contributed by atoms with Crippen LogP contribution >= 0.6 is 0 Å². The number of hydrogen-bond donors (Lipinski definition) is 1. The van der Waals surface area contributed by atoms with Gasteiger partial charge in [0.2, 0.25) is 10.0 Å². The minimum atomic E-state index is -3.75. The second-order valence-electron chi connectivity index (χ2n) is 5.30. The zero-order chi connectivity index (χ0) is 16.0. The average molecular weight is 323 g/mol. The topological polar surface area (TPSA) is 84.7 Å². The number of sulfonamides is 1. The summed E-state index contributed by atoms with van der Waals surface area (Å²) in [6, 6.07) is 5.90. The van der Waals surface area contributed by atoms with E-state index >= 15 is 0 Å². The van der Waals surface area contributed by atoms with Gasteiger partial charge in [-0.1, -0.05) is 12.1 Å². The van der Waals surface area contributed by atoms with Gasteiger partial charge in [0, 0.05) is 26.6 Å². The summed E-state index contributed by atoms with van der Waals surface area (Å²) < 4.78 is 33.8. The molecule has 2 aromatic rings. The van der Waals surface area contributed by atoms with E-state index in [4.69, 9.17) is 4.74 Å². The Kier molecular flexibility index (Phi) is 3.47. The van der Waals surface area contributed by atoms with Gasteiger partial charge < -0.3 is 14.4 Å². The molecule has 0 amide bonds. The van der Waals surface area contributed by atoms with E-state index in [1.165, 1.54) is 16.4 Å². The molecule has 1 aromatic carbocycles. The Morgan fingerprint density at radius 1 is 1.32 bits per heavy atom. The highest BCUT2D eigenvalue weighted by Crippen LogP contribution is 2.39. The molecule has 22 heavy (non-hydrogen) atoms. The summed E-state index contributed by atoms with van der Waals surface area (Å²) in [6.45, 7) is 0.316. The Labute approximate surface area is 128 Å². The number of aromatic nitrogens is 2. The number of phenolic OH excluding ortho intramolecular Hbond substituents is 1. The Balaban J connectivity index is 1.89. The van der Waals surface area contributed by atoms with Crippen LogP contribution in [0.4, 0.5) is 0 Å². The standard InChI is InChI=1S/C14H17N3O4S/c1-16-8-7-15-13(16)14(21-2)9-17(10-14)22(19,20)12-6-4-3-5-11(12)18/h3-8,18H,9-10H2,1-2H3. The zero-order valence-electron chi connectivity index (χ0n) is 12.3. The van der Waals surface area contributed by atoms with E-state index in [1.54, 1.807) is 31.6 Å². The SMILES string of the molecule is COC1(c2nccn2C)CN(S(=O)(=O)c2ccccc2O)C1. The van der Waals surface area contributed by atoms with E-state index in [0.29, 0.717) is 5.82 Å². The van der Waals surface area contributed by atoms with Crippen LogP contribution in [0, 0.1) is 0 Å². The summed E-state index contributed by atoms with van der Waals surface area (Å²) in [6.07, 6.45) is 3.44. The first-order valence-corrected chi connectivity index (χ1v) is 8.16. The maximum absolute atomic E-state index is 12.6. The summed E-state index contributed by atoms with van der Waals surface area (Å²) in [5.41, 5.74) is -0.754. The highest BCUT2D eigenvalue weighted by molar-refractivity contribution is 7.89. The van der Waals surface area contributed by atoms with E-state index in [9.17, 15) is 13.5 Å². The van der Waals surface area contributed by atoms with Gasteiger partial charge in [0.1, 0.15) is 16.5 Å². The molecule has 1 aliphatic rings. The van der Waals surface area contributed by atoms with Crippen LogP contribution in [0.15, 0.2) is 41.6 Å². The van der Waals surface area contributed by atoms with Gasteiger partial charge in [0.25, 0.3) is 0 Å². The second kappa shape index (κ2) is 5.08. The average Bonchev–Trinajstić information content (AvgIpc) is 2.85. The number of ether oxygens (including phenoxy) is 1. The van der Waals surface area contributed by atoms with E-state index in [0.717, 1.165) is 0 Å². The first kappa shape index (κ1) is 15.0. The van der Waals surface area contributed by atoms with Gasteiger partial charge in [-0.2, -0.15) is 4.31 Å². The molecule has 1 aromatic heterocycles. The largest absolute Gasteiger partial charge is 0.507 e. The molecule has 3 rings (SSSR count). The fraction of sp³-hybridized carbons (Fsp3) is 0.357. The molecule has 0 bridgehead atoms. The molecule has 0 unspecified atom stereocenters. The van der Waals surface area contributed by atoms with Crippen molar-refractivity contribution in [2.75, 3.05) is 20.2 Å². The number of rotatable bonds is 4. The van der Waals surface area contributed by atoms with Gasteiger partial charge in [0.05, 0.1) is 13.1 Å². The number of aromatic hydroxyl groups is 1. The van der Waals surface area contributed by atoms with Gasteiger partial charge >= 0.3 is 0 Å². The summed E-state index contributed by atoms with van der Waals surface area (Å²) in [4.78, 5) is 4.16. The Morgan fingerprint density at radius 2 is 2.00 bits per heavy atom. The van der Waals surface area contributed by atoms with Crippen LogP contribution in [0.3, 0.4) is 0 Å². The van der Waals surface area contributed by atoms with Crippen LogP contribution < -0.4 is 0 Å². The zero-order valence-corrected chi connectivity index (χ0v) is 13.1. The highest BCUT2D eigenvalue weighted by atomic mass is 32.2. The maximum Gasteiger partial charge on any atom is 0.246 e. The van der Waals surface area contributed by atoms with Crippen molar-refractivity contribution in [2.24, 2.45) is 7.05 Å². The molecule has 1 saturated heterocycles. The summed E-state index contributed by atoms with van der Waals surface area (Å²) in [5, 5.41) is 9.78. The number of hydrogen-bond acceptors (Lipinski definition) is 5. The van der Waals surface area contributed by atoms with E-state index < -0.39 is 15.6 Å². The molecule has 1 fully saturated rings. The third-order valence-electron chi connectivity index (χ3n) is 3.97. The molecule has 1 aliphatic heterocycles. The molecular formula is C14H17N3O4S. The summed E-state index contributed by atoms with van der Waals surface area (Å²) in [7, 11) is -0.375. The molecule has 8 heteroatoms. The van der Waals surface area contributed by atoms with Gasteiger partial charge in [-0.3, -0.25) is 0 Å². The molecule has 118 valence electrons. The first-order chi connectivity index (χ1) is 10.4. The quantitative estimate of drug-likeness (QED) is 0.894. The normalized spacial score (nSPS) is 18.1. The molecule has 0 atom stereocenters. The molecule has 7 nitrogen and oxygen atoms in total. The highest BCUT2D eigenvalue weighted by Gasteiger charge is 2.52.